The van der Waals surface area contributed by atoms with Crippen LogP contribution in [0.1, 0.15) is 5.56 Å². The Balaban J connectivity index is 1.56. The summed E-state index contributed by atoms with van der Waals surface area (Å²) in [4.78, 5) is 31.6. The number of aliphatic hydroxyl groups is 1. The van der Waals surface area contributed by atoms with E-state index in [2.05, 4.69) is 15.3 Å². The van der Waals surface area contributed by atoms with Crippen LogP contribution in [0.4, 0.5) is 5.95 Å². The number of methoxy groups -OCH3 is 2. The summed E-state index contributed by atoms with van der Waals surface area (Å²) in [5, 5.41) is 13.9. The van der Waals surface area contributed by atoms with Crippen molar-refractivity contribution < 1.29 is 19.3 Å². The minimum atomic E-state index is -0.939. The van der Waals surface area contributed by atoms with Crippen LogP contribution >= 0.6 is 0 Å². The highest BCUT2D eigenvalue weighted by Crippen LogP contribution is 2.27. The number of anilines is 1. The van der Waals surface area contributed by atoms with E-state index in [0.717, 1.165) is 5.56 Å². The highest BCUT2D eigenvalue weighted by molar-refractivity contribution is 5.74. The number of hydrogen-bond acceptors (Lipinski definition) is 8. The number of nitrogens with zero attached hydrogens (tertiary/aromatic N) is 3. The third kappa shape index (κ3) is 5.36. The number of hydrogen-bond donors (Lipinski definition) is 3. The van der Waals surface area contributed by atoms with Crippen LogP contribution in [0.25, 0.3) is 11.2 Å². The van der Waals surface area contributed by atoms with Gasteiger partial charge in [-0.1, -0.05) is 24.3 Å². The Kier molecular flexibility index (Phi) is 7.59. The quantitative estimate of drug-likeness (QED) is 0.285. The Labute approximate surface area is 206 Å². The number of ether oxygens (including phenoxy) is 3. The van der Waals surface area contributed by atoms with E-state index in [1.165, 1.54) is 11.6 Å². The Hall–Kier alpha value is -4.25. The molecule has 2 heterocycles. The summed E-state index contributed by atoms with van der Waals surface area (Å²) in [6.45, 7) is 0.517. The van der Waals surface area contributed by atoms with Gasteiger partial charge in [0, 0.05) is 13.6 Å². The molecule has 11 nitrogen and oxygen atoms in total. The lowest BCUT2D eigenvalue weighted by atomic mass is 10.1. The van der Waals surface area contributed by atoms with Crippen molar-refractivity contribution in [3.8, 4) is 17.2 Å². The fourth-order valence-electron chi connectivity index (χ4n) is 3.87. The van der Waals surface area contributed by atoms with Crippen molar-refractivity contribution in [1.82, 2.24) is 19.1 Å². The maximum absolute atomic E-state index is 12.7. The first-order valence-corrected chi connectivity index (χ1v) is 11.4. The monoisotopic (exact) mass is 495 g/mol. The zero-order chi connectivity index (χ0) is 25.7. The Morgan fingerprint density at radius 3 is 2.56 bits per heavy atom. The third-order valence-electron chi connectivity index (χ3n) is 5.73. The molecule has 3 N–H and O–H groups in total. The molecule has 0 amide bonds. The first-order chi connectivity index (χ1) is 17.4. The largest absolute Gasteiger partial charge is 0.493 e. The topological polar surface area (TPSA) is 133 Å². The molecule has 4 aromatic rings. The highest BCUT2D eigenvalue weighted by Gasteiger charge is 2.20. The highest BCUT2D eigenvalue weighted by atomic mass is 16.5. The Morgan fingerprint density at radius 2 is 1.83 bits per heavy atom. The van der Waals surface area contributed by atoms with E-state index < -0.39 is 17.4 Å². The molecule has 0 saturated heterocycles. The van der Waals surface area contributed by atoms with Gasteiger partial charge in [0.25, 0.3) is 5.56 Å². The zero-order valence-electron chi connectivity index (χ0n) is 20.4. The van der Waals surface area contributed by atoms with Crippen LogP contribution in [0, 0.1) is 0 Å². The van der Waals surface area contributed by atoms with Crippen LogP contribution in [0.15, 0.2) is 58.1 Å². The van der Waals surface area contributed by atoms with Gasteiger partial charge < -0.3 is 29.2 Å². The molecular formula is C25H29N5O6. The first-order valence-electron chi connectivity index (χ1n) is 11.4. The molecular weight excluding hydrogens is 466 g/mol. The van der Waals surface area contributed by atoms with Crippen molar-refractivity contribution in [2.24, 2.45) is 7.05 Å². The lowest BCUT2D eigenvalue weighted by Crippen LogP contribution is -2.31. The lowest BCUT2D eigenvalue weighted by molar-refractivity contribution is 0.0938. The fraction of sp³-hybridized carbons (Fsp3) is 0.320. The summed E-state index contributed by atoms with van der Waals surface area (Å²) >= 11 is 0. The molecule has 0 bridgehead atoms. The van der Waals surface area contributed by atoms with Gasteiger partial charge >= 0.3 is 5.69 Å². The van der Waals surface area contributed by atoms with Gasteiger partial charge in [0.15, 0.2) is 22.7 Å². The average Bonchev–Trinajstić information content (AvgIpc) is 3.25. The standard InChI is InChI=1S/C25H29N5O6/c1-29-22-21(23(32)28-25(29)33)30(14-17(31)15-36-18-7-5-4-6-8-18)24(27-22)26-12-11-16-9-10-19(34-2)20(13-16)35-3/h4-10,13,17,31H,11-12,14-15H2,1-3H3,(H,26,27)(H,28,32,33)/t17-/m0/s1. The molecule has 0 aliphatic rings. The second kappa shape index (κ2) is 11.0. The van der Waals surface area contributed by atoms with E-state index in [4.69, 9.17) is 14.2 Å². The predicted molar refractivity (Wildman–Crippen MR) is 135 cm³/mol. The smallest absolute Gasteiger partial charge is 0.329 e. The number of aliphatic hydroxyl groups excluding tert-OH is 1. The number of fused-ring (bicyclic) bond motifs is 1. The third-order valence-corrected chi connectivity index (χ3v) is 5.73. The lowest BCUT2D eigenvalue weighted by Gasteiger charge is -2.16. The van der Waals surface area contributed by atoms with Gasteiger partial charge in [-0.05, 0) is 36.2 Å². The SMILES string of the molecule is COc1ccc(CCNc2nc3c(c(=O)[nH]c(=O)n3C)n2C[C@H](O)COc2ccccc2)cc1OC. The number of aromatic amines is 1. The Bertz CT molecular complexity index is 1440. The number of aromatic nitrogens is 4. The summed E-state index contributed by atoms with van der Waals surface area (Å²) in [5.41, 5.74) is 0.258. The number of nitrogens with one attached hydrogen (secondary N) is 2. The molecule has 2 aromatic carbocycles. The molecule has 4 rings (SSSR count). The van der Waals surface area contributed by atoms with Gasteiger partial charge in [-0.2, -0.15) is 4.98 Å². The van der Waals surface area contributed by atoms with E-state index in [0.29, 0.717) is 36.2 Å². The molecule has 0 radical (unpaired) electrons. The minimum absolute atomic E-state index is 0.0123. The molecule has 0 unspecified atom stereocenters. The predicted octanol–water partition coefficient (Wildman–Crippen LogP) is 1.54. The van der Waals surface area contributed by atoms with Gasteiger partial charge in [0.1, 0.15) is 18.5 Å². The van der Waals surface area contributed by atoms with Crippen molar-refractivity contribution >= 4 is 17.1 Å². The van der Waals surface area contributed by atoms with Gasteiger partial charge in [-0.15, -0.1) is 0 Å². The van der Waals surface area contributed by atoms with Crippen molar-refractivity contribution in [2.75, 3.05) is 32.7 Å². The second-order valence-corrected chi connectivity index (χ2v) is 8.18. The normalized spacial score (nSPS) is 11.9. The molecule has 36 heavy (non-hydrogen) atoms. The molecule has 1 atom stereocenters. The van der Waals surface area contributed by atoms with E-state index in [1.54, 1.807) is 30.9 Å². The summed E-state index contributed by atoms with van der Waals surface area (Å²) in [6.07, 6.45) is -0.316. The molecule has 0 aliphatic carbocycles. The van der Waals surface area contributed by atoms with Crippen molar-refractivity contribution in [3.63, 3.8) is 0 Å². The minimum Gasteiger partial charge on any atom is -0.493 e. The summed E-state index contributed by atoms with van der Waals surface area (Å²) in [5.74, 6) is 2.25. The van der Waals surface area contributed by atoms with Crippen LogP contribution in [-0.4, -0.2) is 57.7 Å². The molecule has 11 heteroatoms. The molecule has 190 valence electrons. The molecule has 0 aliphatic heterocycles. The number of aryl methyl sites for hydroxylation is 1. The molecule has 0 fully saturated rings. The van der Waals surface area contributed by atoms with Crippen LogP contribution < -0.4 is 30.8 Å². The van der Waals surface area contributed by atoms with Gasteiger partial charge in [0.05, 0.1) is 20.8 Å². The first kappa shape index (κ1) is 24.9. The van der Waals surface area contributed by atoms with Crippen LogP contribution in [0.2, 0.25) is 0 Å². The zero-order valence-corrected chi connectivity index (χ0v) is 20.4. The summed E-state index contributed by atoms with van der Waals surface area (Å²) in [7, 11) is 4.69. The maximum Gasteiger partial charge on any atom is 0.329 e. The number of imidazole rings is 1. The number of rotatable bonds is 11. The van der Waals surface area contributed by atoms with E-state index in [-0.39, 0.29) is 24.3 Å². The van der Waals surface area contributed by atoms with Gasteiger partial charge in [0.2, 0.25) is 5.95 Å². The summed E-state index contributed by atoms with van der Waals surface area (Å²) in [6, 6.07) is 14.8. The fourth-order valence-corrected chi connectivity index (χ4v) is 3.87. The summed E-state index contributed by atoms with van der Waals surface area (Å²) < 4.78 is 19.1. The van der Waals surface area contributed by atoms with Crippen LogP contribution in [0.5, 0.6) is 17.2 Å². The Morgan fingerprint density at radius 1 is 1.08 bits per heavy atom. The van der Waals surface area contributed by atoms with Gasteiger partial charge in [-0.25, -0.2) is 4.79 Å². The molecule has 0 saturated carbocycles. The molecule has 0 spiro atoms. The van der Waals surface area contributed by atoms with Crippen molar-refractivity contribution in [1.29, 1.82) is 0 Å². The number of benzene rings is 2. The van der Waals surface area contributed by atoms with Gasteiger partial charge in [-0.3, -0.25) is 14.3 Å². The molecule has 2 aromatic heterocycles. The van der Waals surface area contributed by atoms with E-state index in [9.17, 15) is 14.7 Å². The van der Waals surface area contributed by atoms with E-state index in [1.807, 2.05) is 36.4 Å². The van der Waals surface area contributed by atoms with Crippen molar-refractivity contribution in [2.45, 2.75) is 19.1 Å². The average molecular weight is 496 g/mol. The van der Waals surface area contributed by atoms with Crippen molar-refractivity contribution in [3.05, 3.63) is 74.9 Å². The number of para-hydroxylation sites is 1. The maximum atomic E-state index is 12.7. The number of H-pyrrole nitrogens is 1. The van der Waals surface area contributed by atoms with Crippen LogP contribution in [-0.2, 0) is 20.0 Å². The van der Waals surface area contributed by atoms with E-state index >= 15 is 0 Å². The second-order valence-electron chi connectivity index (χ2n) is 8.18. The van der Waals surface area contributed by atoms with Crippen LogP contribution in [0.3, 0.4) is 0 Å².